The van der Waals surface area contributed by atoms with Crippen LogP contribution in [-0.2, 0) is 11.8 Å². The molecule has 1 aliphatic heterocycles. The van der Waals surface area contributed by atoms with Crippen molar-refractivity contribution in [3.63, 3.8) is 0 Å². The predicted molar refractivity (Wildman–Crippen MR) is 54.9 cm³/mol. The summed E-state index contributed by atoms with van der Waals surface area (Å²) in [6.07, 6.45) is -4.73. The van der Waals surface area contributed by atoms with Crippen LogP contribution in [0.2, 0.25) is 0 Å². The van der Waals surface area contributed by atoms with Gasteiger partial charge in [0, 0.05) is 7.05 Å². The van der Waals surface area contributed by atoms with Gasteiger partial charge in [-0.25, -0.2) is 4.79 Å². The number of nitrogens with two attached hydrogens (primary N) is 1. The highest BCUT2D eigenvalue weighted by molar-refractivity contribution is 5.13. The molecule has 0 spiro atoms. The number of anilines is 1. The van der Waals surface area contributed by atoms with Crippen molar-refractivity contribution >= 4 is 5.95 Å². The Hall–Kier alpha value is -1.42. The standard InChI is InChI=1S/C8H14N4O5/c1-11-7(9)10-12(8(11)16)6-5(15)4(14)3(2-13)17-6/h3-6,13-15H,2H2,1H3,(H2,9,10)/t3-,4-,5-,6-/m1/s1. The smallest absolute Gasteiger partial charge is 0.349 e. The van der Waals surface area contributed by atoms with Gasteiger partial charge in [0.25, 0.3) is 0 Å². The first-order chi connectivity index (χ1) is 7.97. The lowest BCUT2D eigenvalue weighted by Crippen LogP contribution is -2.36. The summed E-state index contributed by atoms with van der Waals surface area (Å²) >= 11 is 0. The van der Waals surface area contributed by atoms with E-state index in [1.165, 1.54) is 7.05 Å². The van der Waals surface area contributed by atoms with Crippen LogP contribution in [0, 0.1) is 0 Å². The van der Waals surface area contributed by atoms with E-state index in [0.717, 1.165) is 9.25 Å². The Morgan fingerprint density at radius 1 is 1.47 bits per heavy atom. The van der Waals surface area contributed by atoms with E-state index >= 15 is 0 Å². The highest BCUT2D eigenvalue weighted by Gasteiger charge is 2.44. The number of hydrogen-bond donors (Lipinski definition) is 4. The molecule has 17 heavy (non-hydrogen) atoms. The molecule has 5 N–H and O–H groups in total. The van der Waals surface area contributed by atoms with Crippen molar-refractivity contribution in [2.75, 3.05) is 12.3 Å². The molecule has 0 bridgehead atoms. The lowest BCUT2D eigenvalue weighted by Gasteiger charge is -2.13. The van der Waals surface area contributed by atoms with Gasteiger partial charge in [0.2, 0.25) is 5.95 Å². The topological polar surface area (TPSA) is 136 Å². The molecular weight excluding hydrogens is 232 g/mol. The molecule has 0 radical (unpaired) electrons. The van der Waals surface area contributed by atoms with E-state index in [1.807, 2.05) is 0 Å². The first kappa shape index (κ1) is 12.0. The van der Waals surface area contributed by atoms with Crippen molar-refractivity contribution in [1.29, 1.82) is 0 Å². The van der Waals surface area contributed by atoms with Crippen molar-refractivity contribution in [3.05, 3.63) is 10.5 Å². The van der Waals surface area contributed by atoms with Crippen LogP contribution in [0.1, 0.15) is 6.23 Å². The lowest BCUT2D eigenvalue weighted by molar-refractivity contribution is -0.0605. The number of rotatable bonds is 2. The summed E-state index contributed by atoms with van der Waals surface area (Å²) in [7, 11) is 1.42. The van der Waals surface area contributed by atoms with Gasteiger partial charge < -0.3 is 25.8 Å². The Morgan fingerprint density at radius 2 is 2.12 bits per heavy atom. The highest BCUT2D eigenvalue weighted by atomic mass is 16.6. The summed E-state index contributed by atoms with van der Waals surface area (Å²) in [5.74, 6) is -0.0345. The van der Waals surface area contributed by atoms with Crippen molar-refractivity contribution in [2.45, 2.75) is 24.5 Å². The molecule has 2 rings (SSSR count). The van der Waals surface area contributed by atoms with Gasteiger partial charge >= 0.3 is 5.69 Å². The number of aliphatic hydroxyl groups excluding tert-OH is 3. The van der Waals surface area contributed by atoms with Gasteiger partial charge in [-0.05, 0) is 0 Å². The molecule has 4 atom stereocenters. The van der Waals surface area contributed by atoms with Crippen LogP contribution in [-0.4, -0.2) is 54.6 Å². The van der Waals surface area contributed by atoms with Gasteiger partial charge in [-0.15, -0.1) is 5.10 Å². The molecule has 1 aliphatic rings. The molecular formula is C8H14N4O5. The maximum absolute atomic E-state index is 11.7. The predicted octanol–water partition coefficient (Wildman–Crippen LogP) is -3.22. The van der Waals surface area contributed by atoms with E-state index in [4.69, 9.17) is 15.6 Å². The molecule has 1 fully saturated rings. The molecule has 1 saturated heterocycles. The van der Waals surface area contributed by atoms with Crippen LogP contribution in [0.4, 0.5) is 5.95 Å². The Bertz CT molecular complexity index is 469. The van der Waals surface area contributed by atoms with E-state index in [9.17, 15) is 15.0 Å². The zero-order valence-electron chi connectivity index (χ0n) is 9.09. The quantitative estimate of drug-likeness (QED) is 0.431. The summed E-state index contributed by atoms with van der Waals surface area (Å²) in [6, 6.07) is 0. The second kappa shape index (κ2) is 4.11. The van der Waals surface area contributed by atoms with E-state index < -0.39 is 36.8 Å². The third-order valence-electron chi connectivity index (χ3n) is 2.79. The first-order valence-electron chi connectivity index (χ1n) is 5.00. The Balaban J connectivity index is 2.35. The minimum Gasteiger partial charge on any atom is -0.394 e. The van der Waals surface area contributed by atoms with E-state index in [0.29, 0.717) is 0 Å². The summed E-state index contributed by atoms with van der Waals surface area (Å²) < 4.78 is 7.08. The summed E-state index contributed by atoms with van der Waals surface area (Å²) in [6.45, 7) is -0.466. The monoisotopic (exact) mass is 246 g/mol. The molecule has 0 aromatic carbocycles. The molecule has 0 amide bonds. The van der Waals surface area contributed by atoms with Crippen molar-refractivity contribution < 1.29 is 20.1 Å². The fourth-order valence-corrected chi connectivity index (χ4v) is 1.72. The number of ether oxygens (including phenoxy) is 1. The molecule has 0 unspecified atom stereocenters. The third-order valence-corrected chi connectivity index (χ3v) is 2.79. The average Bonchev–Trinajstić information content (AvgIpc) is 2.73. The number of aromatic nitrogens is 3. The molecule has 9 heteroatoms. The largest absolute Gasteiger partial charge is 0.394 e. The second-order valence-corrected chi connectivity index (χ2v) is 3.87. The van der Waals surface area contributed by atoms with Crippen LogP contribution in [0.25, 0.3) is 0 Å². The average molecular weight is 246 g/mol. The van der Waals surface area contributed by atoms with Gasteiger partial charge in [-0.3, -0.25) is 4.57 Å². The molecule has 0 saturated carbocycles. The summed E-state index contributed by atoms with van der Waals surface area (Å²) in [4.78, 5) is 11.7. The Kier molecular flexibility index (Phi) is 2.91. The van der Waals surface area contributed by atoms with Gasteiger partial charge in [0.1, 0.15) is 18.3 Å². The minimum atomic E-state index is -1.35. The number of aliphatic hydroxyl groups is 3. The molecule has 2 heterocycles. The molecule has 1 aromatic heterocycles. The second-order valence-electron chi connectivity index (χ2n) is 3.87. The van der Waals surface area contributed by atoms with Crippen molar-refractivity contribution in [2.24, 2.45) is 7.05 Å². The summed E-state index contributed by atoms with van der Waals surface area (Å²) in [5, 5.41) is 31.9. The molecule has 9 nitrogen and oxygen atoms in total. The number of nitrogens with zero attached hydrogens (tertiary/aromatic N) is 3. The first-order valence-corrected chi connectivity index (χ1v) is 5.00. The minimum absolute atomic E-state index is 0.0345. The van der Waals surface area contributed by atoms with Crippen molar-refractivity contribution in [1.82, 2.24) is 14.3 Å². The van der Waals surface area contributed by atoms with E-state index in [-0.39, 0.29) is 5.95 Å². The van der Waals surface area contributed by atoms with Crippen LogP contribution in [0.5, 0.6) is 0 Å². The maximum Gasteiger partial charge on any atom is 0.349 e. The number of hydrogen-bond acceptors (Lipinski definition) is 7. The van der Waals surface area contributed by atoms with Crippen LogP contribution < -0.4 is 11.4 Å². The molecule has 96 valence electrons. The highest BCUT2D eigenvalue weighted by Crippen LogP contribution is 2.27. The third kappa shape index (κ3) is 1.72. The molecule has 1 aromatic rings. The fourth-order valence-electron chi connectivity index (χ4n) is 1.72. The van der Waals surface area contributed by atoms with Gasteiger partial charge in [0.05, 0.1) is 6.61 Å². The SMILES string of the molecule is Cn1c(N)nn([C@@H]2O[C@H](CO)[C@@H](O)[C@H]2O)c1=O. The van der Waals surface area contributed by atoms with Crippen molar-refractivity contribution in [3.8, 4) is 0 Å². The van der Waals surface area contributed by atoms with Crippen LogP contribution >= 0.6 is 0 Å². The Labute approximate surface area is 95.6 Å². The zero-order valence-corrected chi connectivity index (χ0v) is 9.09. The van der Waals surface area contributed by atoms with Crippen LogP contribution in [0.15, 0.2) is 4.79 Å². The van der Waals surface area contributed by atoms with Gasteiger partial charge in [0.15, 0.2) is 6.23 Å². The fraction of sp³-hybridized carbons (Fsp3) is 0.750. The lowest BCUT2D eigenvalue weighted by atomic mass is 10.1. The maximum atomic E-state index is 11.7. The Morgan fingerprint density at radius 3 is 2.53 bits per heavy atom. The summed E-state index contributed by atoms with van der Waals surface area (Å²) in [5.41, 5.74) is 4.87. The number of nitrogen functional groups attached to an aromatic ring is 1. The van der Waals surface area contributed by atoms with E-state index in [2.05, 4.69) is 5.10 Å². The van der Waals surface area contributed by atoms with Gasteiger partial charge in [-0.2, -0.15) is 4.68 Å². The molecule has 0 aliphatic carbocycles. The van der Waals surface area contributed by atoms with E-state index in [1.54, 1.807) is 0 Å². The van der Waals surface area contributed by atoms with Gasteiger partial charge in [-0.1, -0.05) is 0 Å². The van der Waals surface area contributed by atoms with Crippen LogP contribution in [0.3, 0.4) is 0 Å². The normalized spacial score (nSPS) is 33.2. The zero-order chi connectivity index (χ0) is 12.7.